The van der Waals surface area contributed by atoms with Crippen molar-refractivity contribution in [3.63, 3.8) is 0 Å². The number of carboxylic acid groups (broad SMARTS) is 3. The van der Waals surface area contributed by atoms with E-state index in [9.17, 15) is 15.0 Å². The number of carbonyl (C=O) groups excluding carboxylic acids is 1. The maximum absolute atomic E-state index is 10.5. The van der Waals surface area contributed by atoms with Crippen molar-refractivity contribution in [1.82, 2.24) is 0 Å². The van der Waals surface area contributed by atoms with E-state index >= 15 is 0 Å². The molecule has 0 aromatic carbocycles. The molecule has 12 nitrogen and oxygen atoms in total. The Morgan fingerprint density at radius 2 is 1.16 bits per heavy atom. The highest BCUT2D eigenvalue weighted by Crippen LogP contribution is 2.21. The van der Waals surface area contributed by atoms with Gasteiger partial charge in [-0.25, -0.2) is 0 Å². The van der Waals surface area contributed by atoms with Crippen molar-refractivity contribution in [3.8, 4) is 0 Å². The first-order valence-corrected chi connectivity index (χ1v) is 6.64. The van der Waals surface area contributed by atoms with Crippen LogP contribution in [0.15, 0.2) is 0 Å². The molecule has 0 amide bonds. The van der Waals surface area contributed by atoms with Crippen LogP contribution in [0.25, 0.3) is 0 Å². The molecule has 4 atom stereocenters. The molecule has 1 fully saturated rings. The average Bonchev–Trinajstić information content (AvgIpc) is 2.64. The number of rotatable bonds is 2. The van der Waals surface area contributed by atoms with Crippen molar-refractivity contribution < 1.29 is 59.3 Å². The lowest BCUT2D eigenvalue weighted by Gasteiger charge is -2.13. The number of ether oxygens (including phenoxy) is 2. The third kappa shape index (κ3) is 21.7. The lowest BCUT2D eigenvalue weighted by molar-refractivity contribution is -0.187. The number of carbonyl (C=O) groups is 4. The highest BCUT2D eigenvalue weighted by atomic mass is 16.7. The number of aliphatic carboxylic acids is 3. The van der Waals surface area contributed by atoms with Gasteiger partial charge in [-0.05, 0) is 0 Å². The fourth-order valence-corrected chi connectivity index (χ4v) is 1.13. The van der Waals surface area contributed by atoms with Crippen LogP contribution in [0.1, 0.15) is 27.7 Å². The van der Waals surface area contributed by atoms with E-state index < -0.39 is 55.1 Å². The van der Waals surface area contributed by atoms with E-state index in [1.807, 2.05) is 0 Å². The molecule has 1 heterocycles. The van der Waals surface area contributed by atoms with Crippen LogP contribution in [-0.4, -0.2) is 85.7 Å². The van der Waals surface area contributed by atoms with E-state index in [0.29, 0.717) is 0 Å². The second kappa shape index (κ2) is 15.3. The fourth-order valence-electron chi connectivity index (χ4n) is 1.13. The summed E-state index contributed by atoms with van der Waals surface area (Å²) in [6, 6.07) is 0. The number of aliphatic hydroxyl groups is 3. The van der Waals surface area contributed by atoms with Gasteiger partial charge < -0.3 is 40.1 Å². The van der Waals surface area contributed by atoms with Gasteiger partial charge in [-0.2, -0.15) is 0 Å². The summed E-state index contributed by atoms with van der Waals surface area (Å²) in [5.41, 5.74) is 0. The zero-order valence-electron chi connectivity index (χ0n) is 14.1. The zero-order chi connectivity index (χ0) is 20.7. The lowest BCUT2D eigenvalue weighted by atomic mass is 10.1. The number of carboxylic acids is 3. The second-order valence-corrected chi connectivity index (χ2v) is 4.37. The molecule has 25 heavy (non-hydrogen) atoms. The molecular formula is C13H24O12. The Morgan fingerprint density at radius 3 is 1.36 bits per heavy atom. The minimum atomic E-state index is -1.30. The maximum atomic E-state index is 10.5. The molecule has 0 aromatic heterocycles. The Hall–Kier alpha value is -2.28. The molecule has 6 N–H and O–H groups in total. The minimum Gasteiger partial charge on any atom is -0.481 e. The van der Waals surface area contributed by atoms with Crippen LogP contribution in [0.3, 0.4) is 0 Å². The largest absolute Gasteiger partial charge is 0.481 e. The summed E-state index contributed by atoms with van der Waals surface area (Å²) in [4.78, 5) is 37.5. The van der Waals surface area contributed by atoms with Crippen LogP contribution < -0.4 is 0 Å². The zero-order valence-corrected chi connectivity index (χ0v) is 14.1. The van der Waals surface area contributed by atoms with Crippen LogP contribution in [-0.2, 0) is 28.7 Å². The molecule has 0 radical (unpaired) electrons. The first-order chi connectivity index (χ1) is 11.3. The summed E-state index contributed by atoms with van der Waals surface area (Å²) in [6.45, 7) is 3.98. The van der Waals surface area contributed by atoms with Gasteiger partial charge in [0.05, 0.1) is 6.61 Å². The fraction of sp³-hybridized carbons (Fsp3) is 0.692. The first kappa shape index (κ1) is 27.6. The number of aliphatic hydroxyl groups excluding tert-OH is 3. The van der Waals surface area contributed by atoms with Gasteiger partial charge in [0.2, 0.25) is 6.29 Å². The van der Waals surface area contributed by atoms with Gasteiger partial charge in [-0.15, -0.1) is 0 Å². The highest BCUT2D eigenvalue weighted by molar-refractivity contribution is 5.66. The first-order valence-electron chi connectivity index (χ1n) is 6.64. The number of hydrogen-bond donors (Lipinski definition) is 6. The molecule has 0 saturated carbocycles. The predicted octanol–water partition coefficient (Wildman–Crippen LogP) is -1.74. The quantitative estimate of drug-likeness (QED) is 0.298. The van der Waals surface area contributed by atoms with Gasteiger partial charge in [0.15, 0.2) is 0 Å². The van der Waals surface area contributed by atoms with Crippen LogP contribution in [0.2, 0.25) is 0 Å². The molecule has 1 rings (SSSR count). The number of esters is 1. The summed E-state index contributed by atoms with van der Waals surface area (Å²) in [5, 5.41) is 49.4. The smallest absolute Gasteiger partial charge is 0.305 e. The van der Waals surface area contributed by atoms with Gasteiger partial charge >= 0.3 is 5.97 Å². The maximum Gasteiger partial charge on any atom is 0.305 e. The van der Waals surface area contributed by atoms with E-state index in [2.05, 4.69) is 4.74 Å². The van der Waals surface area contributed by atoms with Crippen molar-refractivity contribution >= 4 is 23.9 Å². The lowest BCUT2D eigenvalue weighted by Crippen LogP contribution is -2.35. The third-order valence-corrected chi connectivity index (χ3v) is 1.78. The summed E-state index contributed by atoms with van der Waals surface area (Å²) in [5.74, 6) is -3.12. The Kier molecular flexibility index (Phi) is 16.8. The van der Waals surface area contributed by atoms with Crippen molar-refractivity contribution in [2.24, 2.45) is 0 Å². The molecule has 0 unspecified atom stereocenters. The monoisotopic (exact) mass is 372 g/mol. The molecule has 0 aromatic rings. The number of hydrogen-bond acceptors (Lipinski definition) is 9. The van der Waals surface area contributed by atoms with Gasteiger partial charge in [-0.3, -0.25) is 19.2 Å². The summed E-state index contributed by atoms with van der Waals surface area (Å²) in [7, 11) is 0. The standard InChI is InChI=1S/C7H12O6.3C2H4O2/c1-3(9)12-7-6(11)5(10)4(2-8)13-7;3*1-2(3)4/h4-8,10-11H,2H2,1H3;3*1H3,(H,3,4)/t4-,5+,6-,7-;;;/m1.../s1. The Labute approximate surface area is 143 Å². The van der Waals surface area contributed by atoms with Crippen LogP contribution in [0.5, 0.6) is 0 Å². The van der Waals surface area contributed by atoms with E-state index in [0.717, 1.165) is 27.7 Å². The summed E-state index contributed by atoms with van der Waals surface area (Å²) >= 11 is 0. The van der Waals surface area contributed by atoms with Crippen LogP contribution in [0, 0.1) is 0 Å². The summed E-state index contributed by atoms with van der Waals surface area (Å²) < 4.78 is 9.40. The summed E-state index contributed by atoms with van der Waals surface area (Å²) in [6.07, 6.45) is -4.63. The van der Waals surface area contributed by atoms with Crippen molar-refractivity contribution in [2.75, 3.05) is 6.61 Å². The Morgan fingerprint density at radius 1 is 0.840 bits per heavy atom. The average molecular weight is 372 g/mol. The predicted molar refractivity (Wildman–Crippen MR) is 79.5 cm³/mol. The van der Waals surface area contributed by atoms with E-state index in [1.165, 1.54) is 0 Å². The second-order valence-electron chi connectivity index (χ2n) is 4.37. The van der Waals surface area contributed by atoms with Crippen molar-refractivity contribution in [1.29, 1.82) is 0 Å². The molecule has 1 aliphatic heterocycles. The minimum absolute atomic E-state index is 0.435. The molecule has 0 aliphatic carbocycles. The van der Waals surface area contributed by atoms with Gasteiger partial charge in [0, 0.05) is 27.7 Å². The van der Waals surface area contributed by atoms with E-state index in [-0.39, 0.29) is 0 Å². The van der Waals surface area contributed by atoms with Crippen molar-refractivity contribution in [2.45, 2.75) is 52.3 Å². The van der Waals surface area contributed by atoms with Gasteiger partial charge in [0.25, 0.3) is 17.9 Å². The third-order valence-electron chi connectivity index (χ3n) is 1.78. The van der Waals surface area contributed by atoms with Gasteiger partial charge in [-0.1, -0.05) is 0 Å². The van der Waals surface area contributed by atoms with Crippen molar-refractivity contribution in [3.05, 3.63) is 0 Å². The van der Waals surface area contributed by atoms with Crippen LogP contribution in [0.4, 0.5) is 0 Å². The van der Waals surface area contributed by atoms with Gasteiger partial charge in [0.1, 0.15) is 18.3 Å². The molecule has 0 bridgehead atoms. The molecule has 12 heteroatoms. The molecule has 148 valence electrons. The van der Waals surface area contributed by atoms with Crippen LogP contribution >= 0.6 is 0 Å². The molecule has 1 aliphatic rings. The Bertz CT molecular complexity index is 381. The van der Waals surface area contributed by atoms with E-state index in [4.69, 9.17) is 39.5 Å². The van der Waals surface area contributed by atoms with E-state index in [1.54, 1.807) is 0 Å². The molecule has 1 saturated heterocycles. The molecular weight excluding hydrogens is 348 g/mol. The SMILES string of the molecule is CC(=O)O.CC(=O)O.CC(=O)O.CC(=O)O[C@@H]1O[C@H](CO)[C@H](O)[C@H]1O. The normalized spacial score (nSPS) is 23.3. The Balaban J connectivity index is -0.000000333. The molecule has 0 spiro atoms. The highest BCUT2D eigenvalue weighted by Gasteiger charge is 2.44. The topological polar surface area (TPSA) is 208 Å².